The Morgan fingerprint density at radius 3 is 1.15 bits per heavy atom. The summed E-state index contributed by atoms with van der Waals surface area (Å²) in [4.78, 5) is 61.1. The van der Waals surface area contributed by atoms with Crippen LogP contribution in [0.15, 0.2) is 212 Å². The smallest absolute Gasteiger partial charge is 0.258 e. The van der Waals surface area contributed by atoms with Gasteiger partial charge < -0.3 is 25.4 Å². The van der Waals surface area contributed by atoms with Crippen LogP contribution in [0.4, 0.5) is 35.0 Å². The number of hydrogen-bond donors (Lipinski definition) is 4. The van der Waals surface area contributed by atoms with Gasteiger partial charge >= 0.3 is 0 Å². The molecule has 2 amide bonds. The number of anilines is 6. The number of methoxy groups -OCH3 is 2. The predicted molar refractivity (Wildman–Crippen MR) is 371 cm³/mol. The Labute approximate surface area is 541 Å². The highest BCUT2D eigenvalue weighted by atomic mass is 16.5. The molecule has 0 atom stereocenters. The van der Waals surface area contributed by atoms with Crippen LogP contribution in [0.3, 0.4) is 0 Å². The van der Waals surface area contributed by atoms with Gasteiger partial charge in [-0.2, -0.15) is 29.9 Å². The van der Waals surface area contributed by atoms with Gasteiger partial charge in [0.1, 0.15) is 34.9 Å². The van der Waals surface area contributed by atoms with E-state index >= 15 is 0 Å². The highest BCUT2D eigenvalue weighted by Gasteiger charge is 2.15. The zero-order chi connectivity index (χ0) is 65.6. The van der Waals surface area contributed by atoms with E-state index in [0.717, 1.165) is 46.0 Å². The van der Waals surface area contributed by atoms with Crippen molar-refractivity contribution < 1.29 is 19.1 Å². The minimum Gasteiger partial charge on any atom is -0.497 e. The normalized spacial score (nSPS) is 10.2. The van der Waals surface area contributed by atoms with Crippen LogP contribution in [0.5, 0.6) is 11.6 Å². The van der Waals surface area contributed by atoms with E-state index in [1.54, 1.807) is 55.6 Å². The Morgan fingerprint density at radius 2 is 0.750 bits per heavy atom. The molecule has 3 aromatic heterocycles. The monoisotopic (exact) mass is 1230 g/mol. The Bertz CT molecular complexity index is 3890. The maximum atomic E-state index is 12.3. The van der Waals surface area contributed by atoms with Crippen LogP contribution in [0.1, 0.15) is 128 Å². The number of carbonyl (C=O) groups excluding carboxylic acids is 2. The quantitative estimate of drug-likeness (QED) is 0.0631. The van der Waals surface area contributed by atoms with Crippen LogP contribution in [-0.2, 0) is 25.7 Å². The fourth-order valence-corrected chi connectivity index (χ4v) is 9.08. The van der Waals surface area contributed by atoms with Gasteiger partial charge in [0.25, 0.3) is 11.8 Å². The Kier molecular flexibility index (Phi) is 26.7. The lowest BCUT2D eigenvalue weighted by molar-refractivity contribution is 0.101. The molecule has 470 valence electrons. The molecular formula is C76H82N12O4. The third-order valence-corrected chi connectivity index (χ3v) is 13.3. The van der Waals surface area contributed by atoms with E-state index in [2.05, 4.69) is 177 Å². The van der Waals surface area contributed by atoms with E-state index in [1.807, 2.05) is 74.5 Å². The molecule has 0 radical (unpaired) electrons. The minimum atomic E-state index is -0.362. The second-order valence-corrected chi connectivity index (χ2v) is 21.5. The first-order valence-corrected chi connectivity index (χ1v) is 30.8. The molecule has 16 heteroatoms. The minimum absolute atomic E-state index is 0.0292. The van der Waals surface area contributed by atoms with Crippen LogP contribution in [0, 0.1) is 34.6 Å². The van der Waals surface area contributed by atoms with Crippen LogP contribution in [0.2, 0.25) is 0 Å². The number of nitrogens with one attached hydrogen (secondary N) is 4. The predicted octanol–water partition coefficient (Wildman–Crippen LogP) is 16.6. The van der Waals surface area contributed by atoms with Crippen molar-refractivity contribution in [2.45, 2.75) is 94.4 Å². The molecule has 0 spiro atoms. The Morgan fingerprint density at radius 1 is 0.359 bits per heavy atom. The van der Waals surface area contributed by atoms with Crippen molar-refractivity contribution in [1.29, 1.82) is 0 Å². The lowest BCUT2D eigenvalue weighted by Gasteiger charge is -2.10. The summed E-state index contributed by atoms with van der Waals surface area (Å²) in [5.74, 6) is 4.78. The van der Waals surface area contributed by atoms with Gasteiger partial charge in [-0.05, 0) is 129 Å². The first-order valence-electron chi connectivity index (χ1n) is 30.8. The Balaban J connectivity index is 0.000000190. The summed E-state index contributed by atoms with van der Waals surface area (Å²) >= 11 is 0. The van der Waals surface area contributed by atoms with Gasteiger partial charge in [0, 0.05) is 54.3 Å². The number of ether oxygens (including phenoxy) is 2. The SMILES string of the molecule is CC.CCC.COc1cc(NC(=O)c2ccccc2)nc(NC(=O)c2ccccc2)n1.COc1ccc(Cc2nc(Cc3cccc(C)c3)nc(Nc3cccc(C)c3)n2)cc1.Cc1ccc(Cc2nc(Cc3cccc(C)c3)nc(Nc3cccc(C)c3)n2)cc1. The highest BCUT2D eigenvalue weighted by Crippen LogP contribution is 2.22. The van der Waals surface area contributed by atoms with Crippen molar-refractivity contribution in [3.05, 3.63) is 297 Å². The second-order valence-electron chi connectivity index (χ2n) is 21.5. The second kappa shape index (κ2) is 35.9. The largest absolute Gasteiger partial charge is 0.497 e. The summed E-state index contributed by atoms with van der Waals surface area (Å²) in [6.45, 7) is 18.7. The van der Waals surface area contributed by atoms with Gasteiger partial charge in [0.15, 0.2) is 0 Å². The molecule has 4 N–H and O–H groups in total. The van der Waals surface area contributed by atoms with Crippen molar-refractivity contribution in [3.63, 3.8) is 0 Å². The molecule has 0 aliphatic heterocycles. The van der Waals surface area contributed by atoms with E-state index in [0.29, 0.717) is 48.7 Å². The molecule has 11 aromatic rings. The molecule has 0 unspecified atom stereocenters. The van der Waals surface area contributed by atoms with Gasteiger partial charge in [0.05, 0.1) is 14.2 Å². The average Bonchev–Trinajstić information content (AvgIpc) is 3.59. The third-order valence-electron chi connectivity index (χ3n) is 13.3. The molecule has 92 heavy (non-hydrogen) atoms. The molecule has 0 saturated heterocycles. The van der Waals surface area contributed by atoms with Crippen LogP contribution < -0.4 is 30.7 Å². The summed E-state index contributed by atoms with van der Waals surface area (Å²) in [5.41, 5.74) is 13.7. The summed E-state index contributed by atoms with van der Waals surface area (Å²) in [5, 5.41) is 12.0. The fourth-order valence-electron chi connectivity index (χ4n) is 9.08. The summed E-state index contributed by atoms with van der Waals surface area (Å²) < 4.78 is 10.4. The zero-order valence-corrected chi connectivity index (χ0v) is 54.5. The van der Waals surface area contributed by atoms with Crippen LogP contribution >= 0.6 is 0 Å². The average molecular weight is 1230 g/mol. The van der Waals surface area contributed by atoms with Crippen LogP contribution in [0.25, 0.3) is 0 Å². The molecule has 0 aliphatic carbocycles. The van der Waals surface area contributed by atoms with E-state index in [-0.39, 0.29) is 29.5 Å². The van der Waals surface area contributed by atoms with Gasteiger partial charge in [-0.25, -0.2) is 9.97 Å². The number of benzene rings is 8. The molecule has 11 rings (SSSR count). The number of amides is 2. The molecule has 0 aliphatic rings. The maximum Gasteiger partial charge on any atom is 0.258 e. The van der Waals surface area contributed by atoms with Crippen molar-refractivity contribution in [1.82, 2.24) is 39.9 Å². The van der Waals surface area contributed by atoms with Crippen molar-refractivity contribution in [3.8, 4) is 11.6 Å². The number of aryl methyl sites for hydroxylation is 5. The zero-order valence-electron chi connectivity index (χ0n) is 54.5. The number of carbonyl (C=O) groups is 2. The molecule has 16 nitrogen and oxygen atoms in total. The summed E-state index contributed by atoms with van der Waals surface area (Å²) in [6.07, 6.45) is 3.87. The van der Waals surface area contributed by atoms with E-state index in [9.17, 15) is 9.59 Å². The Hall–Kier alpha value is -11.0. The summed E-state index contributed by atoms with van der Waals surface area (Å²) in [7, 11) is 3.11. The molecule has 0 saturated carbocycles. The highest BCUT2D eigenvalue weighted by molar-refractivity contribution is 6.05. The topological polar surface area (TPSA) is 204 Å². The maximum absolute atomic E-state index is 12.3. The standard InChI is InChI=1S/C26H26N4O.C26H26N4.C19H16N4O3.C3H8.C2H6/c1-18-6-4-8-21(14-18)17-25-28-24(16-20-10-12-23(31-3)13-11-20)29-26(30-25)27-22-9-5-7-19(2)15-22;1-18-10-12-21(13-11-18)16-24-28-25(17-22-8-4-6-19(2)14-22)30-26(29-24)27-23-9-5-7-20(3)15-23;1-26-16-12-15(20-17(24)13-8-4-2-5-9-13)21-19(22-16)23-18(25)14-10-6-3-7-11-14;1-3-2;1-2/h4-15H,16-17H2,1-3H3,(H,27,28,29,30);4-15H,16-17H2,1-3H3,(H,27,28,29,30);2-12H,1H3,(H2,20,21,22,23,24,25);3H2,1-2H3;1-2H3. The number of rotatable bonds is 18. The number of aromatic nitrogens is 8. The molecular weight excluding hydrogens is 1140 g/mol. The van der Waals surface area contributed by atoms with Gasteiger partial charge in [-0.1, -0.05) is 196 Å². The van der Waals surface area contributed by atoms with Crippen molar-refractivity contribution >= 4 is 46.9 Å². The lowest BCUT2D eigenvalue weighted by Crippen LogP contribution is -2.17. The molecule has 0 fully saturated rings. The van der Waals surface area contributed by atoms with Crippen molar-refractivity contribution in [2.75, 3.05) is 35.5 Å². The van der Waals surface area contributed by atoms with E-state index in [1.165, 1.54) is 64.1 Å². The molecule has 3 heterocycles. The lowest BCUT2D eigenvalue weighted by atomic mass is 10.1. The van der Waals surface area contributed by atoms with Crippen LogP contribution in [-0.4, -0.2) is 65.9 Å². The fraction of sp³-hybridized carbons (Fsp3) is 0.211. The van der Waals surface area contributed by atoms with E-state index in [4.69, 9.17) is 39.4 Å². The van der Waals surface area contributed by atoms with Crippen molar-refractivity contribution in [2.24, 2.45) is 0 Å². The first-order chi connectivity index (χ1) is 44.7. The van der Waals surface area contributed by atoms with Gasteiger partial charge in [-0.3, -0.25) is 14.9 Å². The summed E-state index contributed by atoms with van der Waals surface area (Å²) in [6, 6.07) is 68.7. The van der Waals surface area contributed by atoms with Gasteiger partial charge in [-0.15, -0.1) is 0 Å². The number of hydrogen-bond acceptors (Lipinski definition) is 14. The molecule has 8 aromatic carbocycles. The van der Waals surface area contributed by atoms with Gasteiger partial charge in [0.2, 0.25) is 23.7 Å². The third kappa shape index (κ3) is 22.9. The first kappa shape index (κ1) is 68.5. The number of nitrogens with zero attached hydrogens (tertiary/aromatic N) is 8. The molecule has 0 bridgehead atoms. The van der Waals surface area contributed by atoms with E-state index < -0.39 is 0 Å².